The first kappa shape index (κ1) is 23.9. The van der Waals surface area contributed by atoms with Gasteiger partial charge in [0.15, 0.2) is 0 Å². The molecule has 0 bridgehead atoms. The maximum absolute atomic E-state index is 13.3. The zero-order valence-corrected chi connectivity index (χ0v) is 18.7. The van der Waals surface area contributed by atoms with Gasteiger partial charge in [0.2, 0.25) is 0 Å². The van der Waals surface area contributed by atoms with Crippen molar-refractivity contribution in [2.75, 3.05) is 12.4 Å². The number of furan rings is 1. The number of aryl methyl sites for hydroxylation is 2. The third-order valence-corrected chi connectivity index (χ3v) is 6.15. The molecule has 0 amide bonds. The fraction of sp³-hybridized carbons (Fsp3) is 0.333. The number of aromatic nitrogens is 1. The van der Waals surface area contributed by atoms with Crippen LogP contribution in [0.3, 0.4) is 0 Å². The van der Waals surface area contributed by atoms with Crippen LogP contribution < -0.4 is 0 Å². The Labute approximate surface area is 188 Å². The summed E-state index contributed by atoms with van der Waals surface area (Å²) in [6.07, 6.45) is -2.03. The molecule has 0 aliphatic carbocycles. The van der Waals surface area contributed by atoms with Gasteiger partial charge in [0.25, 0.3) is 0 Å². The Bertz CT molecular complexity index is 1110. The fourth-order valence-electron chi connectivity index (χ4n) is 3.15. The Balaban J connectivity index is 1.79. The standard InChI is InChI=1S/C24H24F3NO3S/c1-4-17-8-10-19(20(5-2)28-17)22-11-15-7-9-18(12-21(15)31-22)32-14-16(24(25,26)27)13-30-23(29)6-3/h6-12,16H,3-5,13-14H2,1-2H3. The minimum absolute atomic E-state index is 0.282. The monoisotopic (exact) mass is 463 g/mol. The van der Waals surface area contributed by atoms with E-state index >= 15 is 0 Å². The average Bonchev–Trinajstić information content (AvgIpc) is 3.20. The van der Waals surface area contributed by atoms with Crippen molar-refractivity contribution in [2.24, 2.45) is 5.92 Å². The summed E-state index contributed by atoms with van der Waals surface area (Å²) in [6, 6.07) is 11.2. The molecule has 32 heavy (non-hydrogen) atoms. The molecule has 0 aliphatic heterocycles. The summed E-state index contributed by atoms with van der Waals surface area (Å²) in [5.74, 6) is -2.26. The van der Waals surface area contributed by atoms with Crippen LogP contribution in [-0.2, 0) is 22.4 Å². The molecule has 8 heteroatoms. The number of carbonyl (C=O) groups is 1. The van der Waals surface area contributed by atoms with Crippen molar-refractivity contribution in [3.8, 4) is 11.3 Å². The van der Waals surface area contributed by atoms with Crippen LogP contribution in [0.5, 0.6) is 0 Å². The first-order chi connectivity index (χ1) is 15.2. The number of pyridine rings is 1. The Kier molecular flexibility index (Phi) is 7.66. The van der Waals surface area contributed by atoms with Gasteiger partial charge < -0.3 is 9.15 Å². The van der Waals surface area contributed by atoms with Crippen molar-refractivity contribution in [1.29, 1.82) is 0 Å². The number of alkyl halides is 3. The van der Waals surface area contributed by atoms with Gasteiger partial charge in [0.1, 0.15) is 18.0 Å². The molecule has 170 valence electrons. The third-order valence-electron chi connectivity index (χ3n) is 4.99. The first-order valence-electron chi connectivity index (χ1n) is 10.3. The van der Waals surface area contributed by atoms with Gasteiger partial charge in [-0.05, 0) is 49.2 Å². The van der Waals surface area contributed by atoms with E-state index in [1.165, 1.54) is 0 Å². The van der Waals surface area contributed by atoms with Crippen molar-refractivity contribution in [3.05, 3.63) is 60.4 Å². The Morgan fingerprint density at radius 1 is 1.22 bits per heavy atom. The van der Waals surface area contributed by atoms with E-state index in [0.29, 0.717) is 16.2 Å². The van der Waals surface area contributed by atoms with Crippen LogP contribution in [0.25, 0.3) is 22.3 Å². The van der Waals surface area contributed by atoms with Gasteiger partial charge in [0, 0.05) is 33.4 Å². The number of thioether (sulfide) groups is 1. The molecule has 0 fully saturated rings. The maximum Gasteiger partial charge on any atom is 0.395 e. The number of halogens is 3. The first-order valence-corrected chi connectivity index (χ1v) is 11.2. The molecule has 3 rings (SSSR count). The van der Waals surface area contributed by atoms with Gasteiger partial charge in [-0.2, -0.15) is 13.2 Å². The maximum atomic E-state index is 13.3. The molecule has 0 radical (unpaired) electrons. The summed E-state index contributed by atoms with van der Waals surface area (Å²) in [7, 11) is 0. The molecule has 0 aliphatic rings. The molecule has 0 spiro atoms. The molecular weight excluding hydrogens is 439 g/mol. The summed E-state index contributed by atoms with van der Waals surface area (Å²) in [5, 5.41) is 0.859. The predicted octanol–water partition coefficient (Wildman–Crippen LogP) is 6.62. The highest BCUT2D eigenvalue weighted by Gasteiger charge is 2.40. The highest BCUT2D eigenvalue weighted by molar-refractivity contribution is 7.99. The third kappa shape index (κ3) is 5.73. The van der Waals surface area contributed by atoms with Crippen LogP contribution in [0, 0.1) is 5.92 Å². The lowest BCUT2D eigenvalue weighted by atomic mass is 10.1. The van der Waals surface area contributed by atoms with E-state index in [1.54, 1.807) is 12.1 Å². The second-order valence-corrected chi connectivity index (χ2v) is 8.29. The van der Waals surface area contributed by atoms with Crippen LogP contribution in [0.2, 0.25) is 0 Å². The molecule has 3 aromatic rings. The molecule has 0 saturated carbocycles. The molecule has 2 aromatic heterocycles. The van der Waals surface area contributed by atoms with Gasteiger partial charge in [0.05, 0.1) is 11.6 Å². The summed E-state index contributed by atoms with van der Waals surface area (Å²) in [4.78, 5) is 16.4. The Morgan fingerprint density at radius 3 is 2.66 bits per heavy atom. The number of benzene rings is 1. The number of rotatable bonds is 9. The number of fused-ring (bicyclic) bond motifs is 1. The molecule has 4 nitrogen and oxygen atoms in total. The topological polar surface area (TPSA) is 52.3 Å². The Morgan fingerprint density at radius 2 is 2.00 bits per heavy atom. The molecule has 0 N–H and O–H groups in total. The molecule has 0 saturated heterocycles. The largest absolute Gasteiger partial charge is 0.462 e. The highest BCUT2D eigenvalue weighted by Crippen LogP contribution is 2.35. The van der Waals surface area contributed by atoms with Crippen molar-refractivity contribution in [1.82, 2.24) is 4.98 Å². The number of hydrogen-bond donors (Lipinski definition) is 0. The molecule has 2 heterocycles. The van der Waals surface area contributed by atoms with Crippen molar-refractivity contribution >= 4 is 28.7 Å². The smallest absolute Gasteiger partial charge is 0.395 e. The van der Waals surface area contributed by atoms with E-state index in [-0.39, 0.29) is 5.75 Å². The van der Waals surface area contributed by atoms with Crippen LogP contribution in [0.4, 0.5) is 13.2 Å². The predicted molar refractivity (Wildman–Crippen MR) is 120 cm³/mol. The van der Waals surface area contributed by atoms with Crippen molar-refractivity contribution in [3.63, 3.8) is 0 Å². The van der Waals surface area contributed by atoms with Gasteiger partial charge >= 0.3 is 12.1 Å². The van der Waals surface area contributed by atoms with Gasteiger partial charge in [-0.1, -0.05) is 20.4 Å². The number of ether oxygens (including phenoxy) is 1. The SMILES string of the molecule is C=CC(=O)OCC(CSc1ccc2cc(-c3ccc(CC)nc3CC)oc2c1)C(F)(F)F. The van der Waals surface area contributed by atoms with E-state index < -0.39 is 24.7 Å². The van der Waals surface area contributed by atoms with E-state index in [1.807, 2.05) is 31.2 Å². The van der Waals surface area contributed by atoms with Crippen LogP contribution in [0.15, 0.2) is 58.4 Å². The van der Waals surface area contributed by atoms with Crippen LogP contribution in [-0.4, -0.2) is 29.5 Å². The minimum atomic E-state index is -4.48. The summed E-state index contributed by atoms with van der Waals surface area (Å²) < 4.78 is 50.5. The second-order valence-electron chi connectivity index (χ2n) is 7.20. The van der Waals surface area contributed by atoms with Gasteiger partial charge in [-0.3, -0.25) is 4.98 Å². The van der Waals surface area contributed by atoms with Crippen molar-refractivity contribution < 1.29 is 27.1 Å². The number of hydrogen-bond acceptors (Lipinski definition) is 5. The summed E-state index contributed by atoms with van der Waals surface area (Å²) >= 11 is 1.04. The zero-order valence-electron chi connectivity index (χ0n) is 17.9. The Hall–Kier alpha value is -2.74. The number of nitrogens with zero attached hydrogens (tertiary/aromatic N) is 1. The van der Waals surface area contributed by atoms with E-state index in [0.717, 1.165) is 53.0 Å². The minimum Gasteiger partial charge on any atom is -0.462 e. The summed E-state index contributed by atoms with van der Waals surface area (Å²) in [5.41, 5.74) is 3.46. The molecule has 1 aromatic carbocycles. The lowest BCUT2D eigenvalue weighted by molar-refractivity contribution is -0.183. The summed E-state index contributed by atoms with van der Waals surface area (Å²) in [6.45, 7) is 6.53. The quantitative estimate of drug-likeness (QED) is 0.203. The van der Waals surface area contributed by atoms with E-state index in [9.17, 15) is 18.0 Å². The second kappa shape index (κ2) is 10.3. The highest BCUT2D eigenvalue weighted by atomic mass is 32.2. The lowest BCUT2D eigenvalue weighted by Gasteiger charge is -2.19. The molecular formula is C24H24F3NO3S. The van der Waals surface area contributed by atoms with Crippen LogP contribution >= 0.6 is 11.8 Å². The van der Waals surface area contributed by atoms with Crippen molar-refractivity contribution in [2.45, 2.75) is 37.8 Å². The normalized spacial score (nSPS) is 12.7. The number of carbonyl (C=O) groups excluding carboxylic acids is 1. The number of esters is 1. The average molecular weight is 464 g/mol. The van der Waals surface area contributed by atoms with Gasteiger partial charge in [-0.25, -0.2) is 4.79 Å². The van der Waals surface area contributed by atoms with E-state index in [2.05, 4.69) is 23.2 Å². The molecule has 1 unspecified atom stereocenters. The lowest BCUT2D eigenvalue weighted by Crippen LogP contribution is -2.30. The van der Waals surface area contributed by atoms with Crippen LogP contribution in [0.1, 0.15) is 25.2 Å². The van der Waals surface area contributed by atoms with Gasteiger partial charge in [-0.15, -0.1) is 11.8 Å². The van der Waals surface area contributed by atoms with E-state index in [4.69, 9.17) is 4.42 Å². The zero-order chi connectivity index (χ0) is 23.3. The fourth-order valence-corrected chi connectivity index (χ4v) is 4.18. The molecule has 1 atom stereocenters.